The summed E-state index contributed by atoms with van der Waals surface area (Å²) >= 11 is 11.1. The molecule has 0 fully saturated rings. The first kappa shape index (κ1) is 14.0. The first-order valence-electron chi connectivity index (χ1n) is 4.85. The molecule has 1 heterocycles. The van der Waals surface area contributed by atoms with Gasteiger partial charge < -0.3 is 0 Å². The lowest BCUT2D eigenvalue weighted by Crippen LogP contribution is -2.15. The monoisotopic (exact) mass is 321 g/mol. The summed E-state index contributed by atoms with van der Waals surface area (Å²) in [6.07, 6.45) is 1.27. The fraction of sp³-hybridized carbons (Fsp3) is 0. The Morgan fingerprint density at radius 1 is 1.21 bits per heavy atom. The van der Waals surface area contributed by atoms with Crippen molar-refractivity contribution in [2.75, 3.05) is 4.72 Å². The minimum atomic E-state index is -4.14. The maximum atomic E-state index is 13.7. The van der Waals surface area contributed by atoms with Crippen molar-refractivity contribution in [1.29, 1.82) is 0 Å². The molecule has 1 N–H and O–H groups in total. The SMILES string of the molecule is O=S(=O)(Nc1ccnc(Cl)n1)c1cccc(Cl)c1F. The molecule has 0 aliphatic rings. The van der Waals surface area contributed by atoms with Crippen LogP contribution < -0.4 is 4.72 Å². The lowest BCUT2D eigenvalue weighted by Gasteiger charge is -2.08. The first-order valence-corrected chi connectivity index (χ1v) is 7.09. The standard InChI is InChI=1S/C10H6Cl2FN3O2S/c11-6-2-1-3-7(9(6)13)19(17,18)16-8-4-5-14-10(12)15-8/h1-5H,(H,14,15,16). The maximum Gasteiger partial charge on any atom is 0.266 e. The predicted molar refractivity (Wildman–Crippen MR) is 69.3 cm³/mol. The summed E-state index contributed by atoms with van der Waals surface area (Å²) in [5.74, 6) is -1.10. The molecule has 0 radical (unpaired) electrons. The maximum absolute atomic E-state index is 13.7. The number of halogens is 3. The smallest absolute Gasteiger partial charge is 0.263 e. The second-order valence-corrected chi connectivity index (χ2v) is 5.76. The van der Waals surface area contributed by atoms with Gasteiger partial charge in [-0.1, -0.05) is 17.7 Å². The summed E-state index contributed by atoms with van der Waals surface area (Å²) in [7, 11) is -4.14. The number of aromatic nitrogens is 2. The third-order valence-electron chi connectivity index (χ3n) is 2.07. The van der Waals surface area contributed by atoms with Crippen molar-refractivity contribution in [3.8, 4) is 0 Å². The topological polar surface area (TPSA) is 72.0 Å². The summed E-state index contributed by atoms with van der Waals surface area (Å²) in [5, 5.41) is -0.421. The van der Waals surface area contributed by atoms with Crippen LogP contribution in [-0.2, 0) is 10.0 Å². The predicted octanol–water partition coefficient (Wildman–Crippen LogP) is 2.72. The Balaban J connectivity index is 2.41. The molecule has 0 amide bonds. The second kappa shape index (κ2) is 5.28. The van der Waals surface area contributed by atoms with E-state index in [0.717, 1.165) is 6.07 Å². The number of rotatable bonds is 3. The number of anilines is 1. The van der Waals surface area contributed by atoms with E-state index in [0.29, 0.717) is 0 Å². The molecular formula is C10H6Cl2FN3O2S. The van der Waals surface area contributed by atoms with Gasteiger partial charge in [0.1, 0.15) is 10.7 Å². The highest BCUT2D eigenvalue weighted by atomic mass is 35.5. The molecule has 0 atom stereocenters. The van der Waals surface area contributed by atoms with Crippen LogP contribution in [0.3, 0.4) is 0 Å². The molecule has 2 aromatic rings. The van der Waals surface area contributed by atoms with Crippen molar-refractivity contribution in [2.45, 2.75) is 4.90 Å². The Hall–Kier alpha value is -1.44. The third-order valence-corrected chi connectivity index (χ3v) is 3.92. The van der Waals surface area contributed by atoms with Gasteiger partial charge in [-0.25, -0.2) is 17.8 Å². The first-order chi connectivity index (χ1) is 8.90. The fourth-order valence-electron chi connectivity index (χ4n) is 1.28. The van der Waals surface area contributed by atoms with Gasteiger partial charge in [0.15, 0.2) is 5.82 Å². The van der Waals surface area contributed by atoms with Crippen molar-refractivity contribution in [3.05, 3.63) is 46.6 Å². The molecule has 100 valence electrons. The second-order valence-electron chi connectivity index (χ2n) is 3.37. The Morgan fingerprint density at radius 2 is 1.95 bits per heavy atom. The van der Waals surface area contributed by atoms with Gasteiger partial charge in [-0.3, -0.25) is 4.72 Å². The molecule has 19 heavy (non-hydrogen) atoms. The fourth-order valence-corrected chi connectivity index (χ4v) is 2.76. The molecule has 0 aliphatic heterocycles. The van der Waals surface area contributed by atoms with Gasteiger partial charge in [0.2, 0.25) is 5.28 Å². The third kappa shape index (κ3) is 3.12. The number of hydrogen-bond donors (Lipinski definition) is 1. The molecule has 0 saturated carbocycles. The average molecular weight is 322 g/mol. The highest BCUT2D eigenvalue weighted by molar-refractivity contribution is 7.92. The molecule has 5 nitrogen and oxygen atoms in total. The normalized spacial score (nSPS) is 11.3. The largest absolute Gasteiger partial charge is 0.266 e. The number of hydrogen-bond acceptors (Lipinski definition) is 4. The van der Waals surface area contributed by atoms with Gasteiger partial charge in [0, 0.05) is 6.20 Å². The zero-order chi connectivity index (χ0) is 14.0. The Morgan fingerprint density at radius 3 is 2.63 bits per heavy atom. The van der Waals surface area contributed by atoms with E-state index < -0.39 is 20.7 Å². The summed E-state index contributed by atoms with van der Waals surface area (Å²) < 4.78 is 39.7. The summed E-state index contributed by atoms with van der Waals surface area (Å²) in [6.45, 7) is 0. The molecule has 0 unspecified atom stereocenters. The van der Waals surface area contributed by atoms with Crippen molar-refractivity contribution in [1.82, 2.24) is 9.97 Å². The van der Waals surface area contributed by atoms with E-state index in [1.165, 1.54) is 24.4 Å². The van der Waals surface area contributed by atoms with E-state index in [-0.39, 0.29) is 16.1 Å². The van der Waals surface area contributed by atoms with Crippen LogP contribution in [0.2, 0.25) is 10.3 Å². The minimum absolute atomic E-state index is 0.0700. The van der Waals surface area contributed by atoms with E-state index >= 15 is 0 Å². The quantitative estimate of drug-likeness (QED) is 0.882. The van der Waals surface area contributed by atoms with E-state index in [4.69, 9.17) is 23.2 Å². The lowest BCUT2D eigenvalue weighted by atomic mass is 10.3. The number of sulfonamides is 1. The average Bonchev–Trinajstić information content (AvgIpc) is 2.32. The number of nitrogens with zero attached hydrogens (tertiary/aromatic N) is 2. The highest BCUT2D eigenvalue weighted by Gasteiger charge is 2.21. The van der Waals surface area contributed by atoms with Gasteiger partial charge in [0.25, 0.3) is 10.0 Å². The Labute approximate surface area is 118 Å². The lowest BCUT2D eigenvalue weighted by molar-refractivity contribution is 0.570. The van der Waals surface area contributed by atoms with Crippen LogP contribution in [0.1, 0.15) is 0 Å². The van der Waals surface area contributed by atoms with Crippen LogP contribution in [-0.4, -0.2) is 18.4 Å². The zero-order valence-electron chi connectivity index (χ0n) is 9.14. The molecule has 1 aromatic heterocycles. The van der Waals surface area contributed by atoms with Crippen LogP contribution in [0.25, 0.3) is 0 Å². The van der Waals surface area contributed by atoms with Gasteiger partial charge >= 0.3 is 0 Å². The van der Waals surface area contributed by atoms with Crippen LogP contribution >= 0.6 is 23.2 Å². The van der Waals surface area contributed by atoms with E-state index in [1.807, 2.05) is 0 Å². The van der Waals surface area contributed by atoms with Crippen molar-refractivity contribution >= 4 is 39.0 Å². The Kier molecular flexibility index (Phi) is 3.88. The molecule has 1 aromatic carbocycles. The molecular weight excluding hydrogens is 316 g/mol. The van der Waals surface area contributed by atoms with E-state index in [1.54, 1.807) is 0 Å². The van der Waals surface area contributed by atoms with E-state index in [2.05, 4.69) is 14.7 Å². The molecule has 0 bridgehead atoms. The van der Waals surface area contributed by atoms with Crippen LogP contribution in [0.5, 0.6) is 0 Å². The zero-order valence-corrected chi connectivity index (χ0v) is 11.5. The summed E-state index contributed by atoms with van der Waals surface area (Å²) in [4.78, 5) is 6.67. The number of benzene rings is 1. The van der Waals surface area contributed by atoms with Crippen LogP contribution in [0, 0.1) is 5.82 Å². The minimum Gasteiger partial charge on any atom is -0.263 e. The summed E-state index contributed by atoms with van der Waals surface area (Å²) in [5.41, 5.74) is 0. The molecule has 2 rings (SSSR count). The summed E-state index contributed by atoms with van der Waals surface area (Å²) in [6, 6.07) is 4.95. The molecule has 0 saturated heterocycles. The molecule has 0 aliphatic carbocycles. The van der Waals surface area contributed by atoms with Gasteiger partial charge in [-0.15, -0.1) is 0 Å². The number of nitrogens with one attached hydrogen (secondary N) is 1. The molecule has 9 heteroatoms. The molecule has 0 spiro atoms. The Bertz CT molecular complexity index is 724. The van der Waals surface area contributed by atoms with Crippen LogP contribution in [0.4, 0.5) is 10.2 Å². The van der Waals surface area contributed by atoms with Gasteiger partial charge in [0.05, 0.1) is 5.02 Å². The van der Waals surface area contributed by atoms with Crippen LogP contribution in [0.15, 0.2) is 35.4 Å². The van der Waals surface area contributed by atoms with Crippen molar-refractivity contribution in [2.24, 2.45) is 0 Å². The van der Waals surface area contributed by atoms with Crippen molar-refractivity contribution < 1.29 is 12.8 Å². The van der Waals surface area contributed by atoms with E-state index in [9.17, 15) is 12.8 Å². The van der Waals surface area contributed by atoms with Crippen molar-refractivity contribution in [3.63, 3.8) is 0 Å². The highest BCUT2D eigenvalue weighted by Crippen LogP contribution is 2.23. The van der Waals surface area contributed by atoms with Gasteiger partial charge in [-0.05, 0) is 29.8 Å². The van der Waals surface area contributed by atoms with Gasteiger partial charge in [-0.2, -0.15) is 4.98 Å².